The quantitative estimate of drug-likeness (QED) is 0.411. The fraction of sp³-hybridized carbons (Fsp3) is 0.231. The Balaban J connectivity index is 3.09. The lowest BCUT2D eigenvalue weighted by molar-refractivity contribution is -0.141. The zero-order valence-electron chi connectivity index (χ0n) is 12.0. The maximum Gasteiger partial charge on any atom is 0.331 e. The number of carboxylic acid groups (broad SMARTS) is 1. The van der Waals surface area contributed by atoms with Crippen molar-refractivity contribution >= 4 is 40.8 Å². The van der Waals surface area contributed by atoms with E-state index in [0.717, 1.165) is 0 Å². The number of benzene rings is 1. The molecule has 0 aliphatic heterocycles. The smallest absolute Gasteiger partial charge is 0.331 e. The minimum Gasteiger partial charge on any atom is -0.479 e. The van der Waals surface area contributed by atoms with Crippen LogP contribution in [0.3, 0.4) is 0 Å². The fourth-order valence-corrected chi connectivity index (χ4v) is 1.84. The van der Waals surface area contributed by atoms with E-state index in [1.54, 1.807) is 18.2 Å². The largest absolute Gasteiger partial charge is 0.479 e. The lowest BCUT2D eigenvalue weighted by Gasteiger charge is -2.16. The third-order valence-corrected chi connectivity index (χ3v) is 3.54. The van der Waals surface area contributed by atoms with Gasteiger partial charge in [-0.1, -0.05) is 35.3 Å². The summed E-state index contributed by atoms with van der Waals surface area (Å²) < 4.78 is 0. The molecule has 7 nitrogen and oxygen atoms in total. The van der Waals surface area contributed by atoms with Gasteiger partial charge in [-0.2, -0.15) is 0 Å². The maximum atomic E-state index is 11.0. The maximum absolute atomic E-state index is 11.0. The fourth-order valence-electron chi connectivity index (χ4n) is 1.44. The number of hydrogen-bond acceptors (Lipinski definition) is 4. The van der Waals surface area contributed by atoms with Crippen molar-refractivity contribution in [2.24, 2.45) is 22.2 Å². The van der Waals surface area contributed by atoms with Gasteiger partial charge in [0.25, 0.3) is 0 Å². The molecule has 0 bridgehead atoms. The minimum absolute atomic E-state index is 0.0217. The summed E-state index contributed by atoms with van der Waals surface area (Å²) in [5.74, 6) is -1.34. The molecule has 9 heteroatoms. The van der Waals surface area contributed by atoms with E-state index in [1.165, 1.54) is 13.8 Å². The summed E-state index contributed by atoms with van der Waals surface area (Å²) in [6, 6.07) is 4.90. The highest BCUT2D eigenvalue weighted by molar-refractivity contribution is 6.43. The molecular weight excluding hydrogens is 329 g/mol. The van der Waals surface area contributed by atoms with Crippen LogP contribution in [-0.4, -0.2) is 22.6 Å². The van der Waals surface area contributed by atoms with Crippen LogP contribution in [0, 0.1) is 0 Å². The number of nitrogens with two attached hydrogens (primary N) is 3. The van der Waals surface area contributed by atoms with Crippen LogP contribution in [0.1, 0.15) is 19.4 Å². The van der Waals surface area contributed by atoms with Gasteiger partial charge in [0.15, 0.2) is 11.5 Å². The predicted octanol–water partition coefficient (Wildman–Crippen LogP) is 1.30. The summed E-state index contributed by atoms with van der Waals surface area (Å²) in [6.07, 6.45) is 0. The van der Waals surface area contributed by atoms with E-state index < -0.39 is 11.5 Å². The van der Waals surface area contributed by atoms with Gasteiger partial charge >= 0.3 is 5.97 Å². The van der Waals surface area contributed by atoms with E-state index >= 15 is 0 Å². The average molecular weight is 346 g/mol. The molecule has 22 heavy (non-hydrogen) atoms. The van der Waals surface area contributed by atoms with Crippen molar-refractivity contribution in [1.82, 2.24) is 5.32 Å². The molecule has 0 aliphatic carbocycles. The van der Waals surface area contributed by atoms with Gasteiger partial charge in [-0.25, -0.2) is 9.79 Å². The summed E-state index contributed by atoms with van der Waals surface area (Å²) in [7, 11) is 0. The van der Waals surface area contributed by atoms with Crippen molar-refractivity contribution in [3.8, 4) is 0 Å². The number of carboxylic acids is 1. The van der Waals surface area contributed by atoms with E-state index in [0.29, 0.717) is 10.6 Å². The van der Waals surface area contributed by atoms with Crippen LogP contribution in [0.25, 0.3) is 5.70 Å². The Morgan fingerprint density at radius 3 is 2.41 bits per heavy atom. The molecule has 0 unspecified atom stereocenters. The van der Waals surface area contributed by atoms with Crippen molar-refractivity contribution < 1.29 is 9.90 Å². The van der Waals surface area contributed by atoms with E-state index in [9.17, 15) is 4.79 Å². The van der Waals surface area contributed by atoms with Gasteiger partial charge in [-0.15, -0.1) is 0 Å². The summed E-state index contributed by atoms with van der Waals surface area (Å²) in [6.45, 7) is 2.78. The molecule has 0 amide bonds. The molecule has 0 aromatic heterocycles. The number of halogens is 2. The first-order chi connectivity index (χ1) is 10.1. The lowest BCUT2D eigenvalue weighted by atomic mass is 10.1. The second-order valence-electron chi connectivity index (χ2n) is 4.91. The zero-order valence-corrected chi connectivity index (χ0v) is 13.5. The zero-order chi connectivity index (χ0) is 17.1. The number of nitrogens with one attached hydrogen (secondary N) is 1. The van der Waals surface area contributed by atoms with E-state index in [4.69, 9.17) is 45.5 Å². The van der Waals surface area contributed by atoms with Gasteiger partial charge < -0.3 is 27.6 Å². The Morgan fingerprint density at radius 2 is 1.86 bits per heavy atom. The normalized spacial score (nSPS) is 13.5. The summed E-state index contributed by atoms with van der Waals surface area (Å²) in [5, 5.41) is 12.1. The molecule has 0 heterocycles. The molecule has 0 aliphatic rings. The summed E-state index contributed by atoms with van der Waals surface area (Å²) >= 11 is 12.0. The van der Waals surface area contributed by atoms with Gasteiger partial charge in [-0.3, -0.25) is 0 Å². The van der Waals surface area contributed by atoms with Crippen LogP contribution in [-0.2, 0) is 4.79 Å². The molecule has 0 saturated heterocycles. The minimum atomic E-state index is -1.40. The van der Waals surface area contributed by atoms with Gasteiger partial charge in [0.05, 0.1) is 15.7 Å². The van der Waals surface area contributed by atoms with Crippen LogP contribution < -0.4 is 22.5 Å². The van der Waals surface area contributed by atoms with Crippen molar-refractivity contribution in [3.63, 3.8) is 0 Å². The highest BCUT2D eigenvalue weighted by atomic mass is 35.5. The van der Waals surface area contributed by atoms with Gasteiger partial charge in [-0.05, 0) is 19.9 Å². The molecule has 0 spiro atoms. The third kappa shape index (κ3) is 4.19. The predicted molar refractivity (Wildman–Crippen MR) is 88.2 cm³/mol. The van der Waals surface area contributed by atoms with E-state index in [1.807, 2.05) is 0 Å². The van der Waals surface area contributed by atoms with Gasteiger partial charge in [0, 0.05) is 5.56 Å². The monoisotopic (exact) mass is 345 g/mol. The van der Waals surface area contributed by atoms with Crippen LogP contribution >= 0.6 is 23.2 Å². The highest BCUT2D eigenvalue weighted by Gasteiger charge is 2.26. The van der Waals surface area contributed by atoms with E-state index in [2.05, 4.69) is 10.3 Å². The molecule has 1 aromatic rings. The SMILES string of the molecule is CC(C)(N=C(N)N/C(N)=C(\N)c1cccc(Cl)c1Cl)C(=O)O. The Hall–Kier alpha value is -2.12. The van der Waals surface area contributed by atoms with Gasteiger partial charge in [0.1, 0.15) is 5.82 Å². The first-order valence-electron chi connectivity index (χ1n) is 6.11. The molecule has 8 N–H and O–H groups in total. The average Bonchev–Trinajstić information content (AvgIpc) is 2.40. The number of hydrogen-bond donors (Lipinski definition) is 5. The van der Waals surface area contributed by atoms with Crippen molar-refractivity contribution in [1.29, 1.82) is 0 Å². The van der Waals surface area contributed by atoms with Crippen LogP contribution in [0.15, 0.2) is 29.0 Å². The Morgan fingerprint density at radius 1 is 1.27 bits per heavy atom. The van der Waals surface area contributed by atoms with Crippen molar-refractivity contribution in [2.45, 2.75) is 19.4 Å². The topological polar surface area (TPSA) is 140 Å². The van der Waals surface area contributed by atoms with Crippen molar-refractivity contribution in [3.05, 3.63) is 39.6 Å². The lowest BCUT2D eigenvalue weighted by Crippen LogP contribution is -2.40. The number of carbonyl (C=O) groups is 1. The molecule has 1 aromatic carbocycles. The number of rotatable bonds is 4. The molecule has 0 radical (unpaired) electrons. The standard InChI is InChI=1S/C13H17Cl2N5O2/c1-13(2,11(21)22)20-12(18)19-10(17)9(16)6-4-3-5-7(14)8(6)15/h3-5H,16-17H2,1-2H3,(H,21,22)(H3,18,19,20)/b10-9-. The third-order valence-electron chi connectivity index (χ3n) is 2.72. The first-order valence-corrected chi connectivity index (χ1v) is 6.87. The van der Waals surface area contributed by atoms with Crippen molar-refractivity contribution in [2.75, 3.05) is 0 Å². The Bertz CT molecular complexity index is 656. The van der Waals surface area contributed by atoms with Crippen LogP contribution in [0.2, 0.25) is 10.0 Å². The molecule has 0 atom stereocenters. The Kier molecular flexibility index (Phi) is 5.51. The molecule has 0 fully saturated rings. The van der Waals surface area contributed by atoms with Crippen LogP contribution in [0.4, 0.5) is 0 Å². The highest BCUT2D eigenvalue weighted by Crippen LogP contribution is 2.28. The van der Waals surface area contributed by atoms with Gasteiger partial charge in [0.2, 0.25) is 0 Å². The second kappa shape index (κ2) is 6.76. The molecule has 120 valence electrons. The van der Waals surface area contributed by atoms with Crippen LogP contribution in [0.5, 0.6) is 0 Å². The number of nitrogens with zero attached hydrogens (tertiary/aromatic N) is 1. The molecular formula is C13H17Cl2N5O2. The second-order valence-corrected chi connectivity index (χ2v) is 5.70. The summed E-state index contributed by atoms with van der Waals surface area (Å²) in [5.41, 5.74) is 16.5. The molecule has 1 rings (SSSR count). The first kappa shape index (κ1) is 17.9. The number of aliphatic carboxylic acids is 1. The van der Waals surface area contributed by atoms with E-state index in [-0.39, 0.29) is 22.5 Å². The molecule has 0 saturated carbocycles. The summed E-state index contributed by atoms with van der Waals surface area (Å²) in [4.78, 5) is 14.8. The Labute approximate surface area is 137 Å². The number of guanidine groups is 1. The number of aliphatic imine (C=N–C) groups is 1.